The molecule has 2 aliphatic carbocycles. The highest BCUT2D eigenvalue weighted by Gasteiger charge is 2.39. The van der Waals surface area contributed by atoms with Crippen LogP contribution in [0.15, 0.2) is 0 Å². The van der Waals surface area contributed by atoms with E-state index in [1.807, 2.05) is 0 Å². The van der Waals surface area contributed by atoms with Crippen molar-refractivity contribution in [1.82, 2.24) is 0 Å². The minimum atomic E-state index is 0.391. The molecule has 0 aromatic carbocycles. The predicted molar refractivity (Wildman–Crippen MR) is 91.4 cm³/mol. The van der Waals surface area contributed by atoms with Crippen LogP contribution in [0.25, 0.3) is 0 Å². The van der Waals surface area contributed by atoms with E-state index in [4.69, 9.17) is 0 Å². The largest absolute Gasteiger partial charge is 0.102 e. The molecule has 2 atom stereocenters. The summed E-state index contributed by atoms with van der Waals surface area (Å²) in [6.45, 7) is 2.65. The molecule has 2 unspecified atom stereocenters. The van der Waals surface area contributed by atoms with Crippen molar-refractivity contribution in [2.24, 2.45) is 0 Å². The van der Waals surface area contributed by atoms with Crippen LogP contribution in [0.5, 0.6) is 0 Å². The monoisotopic (exact) mass is 298 g/mol. The summed E-state index contributed by atoms with van der Waals surface area (Å²) in [5, 5.41) is 1.23. The van der Waals surface area contributed by atoms with E-state index in [1.54, 1.807) is 70.4 Å². The van der Waals surface area contributed by atoms with Crippen molar-refractivity contribution in [2.75, 3.05) is 12.8 Å². The molecular weight excluding hydrogens is 266 g/mol. The van der Waals surface area contributed by atoms with Crippen molar-refractivity contribution in [3.63, 3.8) is 0 Å². The van der Waals surface area contributed by atoms with Gasteiger partial charge in [-0.2, -0.15) is 0 Å². The van der Waals surface area contributed by atoms with E-state index in [0.29, 0.717) is 15.8 Å². The SMILES string of the molecule is CP1CCCC1P(C1CCCCC1)C1CCCCC1. The van der Waals surface area contributed by atoms with Crippen LogP contribution in [0.1, 0.15) is 77.0 Å². The smallest absolute Gasteiger partial charge is 0.000321 e. The lowest BCUT2D eigenvalue weighted by Gasteiger charge is -2.43. The van der Waals surface area contributed by atoms with Crippen LogP contribution in [0, 0.1) is 0 Å². The predicted octanol–water partition coefficient (Wildman–Crippen LogP) is 6.37. The summed E-state index contributed by atoms with van der Waals surface area (Å²) in [5.74, 6) is 0. The summed E-state index contributed by atoms with van der Waals surface area (Å²) in [7, 11) is 0.803. The van der Waals surface area contributed by atoms with Gasteiger partial charge in [0.2, 0.25) is 0 Å². The normalized spacial score (nSPS) is 35.1. The van der Waals surface area contributed by atoms with E-state index in [2.05, 4.69) is 6.66 Å². The van der Waals surface area contributed by atoms with Crippen LogP contribution in [0.4, 0.5) is 0 Å². The zero-order valence-electron chi connectivity index (χ0n) is 12.8. The zero-order valence-corrected chi connectivity index (χ0v) is 14.6. The molecule has 110 valence electrons. The average molecular weight is 298 g/mol. The van der Waals surface area contributed by atoms with Crippen LogP contribution in [0.3, 0.4) is 0 Å². The van der Waals surface area contributed by atoms with E-state index in [0.717, 1.165) is 0 Å². The van der Waals surface area contributed by atoms with Crippen LogP contribution in [-0.4, -0.2) is 29.5 Å². The molecule has 0 radical (unpaired) electrons. The molecule has 0 nitrogen and oxygen atoms in total. The summed E-state index contributed by atoms with van der Waals surface area (Å²) in [6, 6.07) is 0. The minimum absolute atomic E-state index is 0.391. The van der Waals surface area contributed by atoms with Crippen molar-refractivity contribution in [3.05, 3.63) is 0 Å². The van der Waals surface area contributed by atoms with Crippen molar-refractivity contribution >= 4 is 15.8 Å². The Morgan fingerprint density at radius 1 is 0.684 bits per heavy atom. The van der Waals surface area contributed by atoms with Crippen molar-refractivity contribution in [1.29, 1.82) is 0 Å². The first-order chi connectivity index (χ1) is 9.36. The summed E-state index contributed by atoms with van der Waals surface area (Å²) < 4.78 is 0. The van der Waals surface area contributed by atoms with Gasteiger partial charge in [0.25, 0.3) is 0 Å². The van der Waals surface area contributed by atoms with Gasteiger partial charge in [-0.1, -0.05) is 46.4 Å². The van der Waals surface area contributed by atoms with Crippen LogP contribution >= 0.6 is 15.8 Å². The Hall–Kier alpha value is 0.860. The van der Waals surface area contributed by atoms with E-state index >= 15 is 0 Å². The first kappa shape index (κ1) is 14.8. The molecule has 1 aliphatic heterocycles. The Kier molecular flexibility index (Phi) is 5.62. The fourth-order valence-corrected chi connectivity index (χ4v) is 13.7. The molecule has 3 aliphatic rings. The second-order valence-corrected chi connectivity index (χ2v) is 13.1. The van der Waals surface area contributed by atoms with Gasteiger partial charge in [0.15, 0.2) is 0 Å². The third-order valence-corrected chi connectivity index (χ3v) is 13.8. The summed E-state index contributed by atoms with van der Waals surface area (Å²) in [6.07, 6.45) is 20.6. The Morgan fingerprint density at radius 3 is 1.63 bits per heavy atom. The molecule has 1 heterocycles. The second kappa shape index (κ2) is 7.22. The van der Waals surface area contributed by atoms with Crippen molar-refractivity contribution < 1.29 is 0 Å². The highest BCUT2D eigenvalue weighted by Crippen LogP contribution is 2.69. The Labute approximate surface area is 123 Å². The first-order valence-electron chi connectivity index (χ1n) is 8.84. The molecule has 19 heavy (non-hydrogen) atoms. The van der Waals surface area contributed by atoms with E-state index in [9.17, 15) is 0 Å². The molecule has 3 rings (SSSR count). The lowest BCUT2D eigenvalue weighted by molar-refractivity contribution is 0.483. The Morgan fingerprint density at radius 2 is 1.21 bits per heavy atom. The molecule has 0 spiro atoms. The number of hydrogen-bond acceptors (Lipinski definition) is 0. The fraction of sp³-hybridized carbons (Fsp3) is 1.00. The van der Waals surface area contributed by atoms with Crippen LogP contribution < -0.4 is 0 Å². The molecule has 0 aromatic rings. The quantitative estimate of drug-likeness (QED) is 0.531. The fourth-order valence-electron chi connectivity index (χ4n) is 4.81. The van der Waals surface area contributed by atoms with Crippen LogP contribution in [-0.2, 0) is 0 Å². The van der Waals surface area contributed by atoms with E-state index in [-0.39, 0.29) is 0 Å². The molecule has 0 aromatic heterocycles. The van der Waals surface area contributed by atoms with Gasteiger partial charge in [-0.3, -0.25) is 0 Å². The summed E-state index contributed by atoms with van der Waals surface area (Å²) in [4.78, 5) is 0. The van der Waals surface area contributed by atoms with Crippen LogP contribution in [0.2, 0.25) is 0 Å². The van der Waals surface area contributed by atoms with Gasteiger partial charge in [0, 0.05) is 0 Å². The first-order valence-corrected chi connectivity index (χ1v) is 12.4. The van der Waals surface area contributed by atoms with Gasteiger partial charge >= 0.3 is 0 Å². The highest BCUT2D eigenvalue weighted by molar-refractivity contribution is 7.76. The summed E-state index contributed by atoms with van der Waals surface area (Å²) >= 11 is 0. The minimum Gasteiger partial charge on any atom is -0.102 e. The average Bonchev–Trinajstić information content (AvgIpc) is 2.88. The van der Waals surface area contributed by atoms with Crippen molar-refractivity contribution in [3.8, 4) is 0 Å². The summed E-state index contributed by atoms with van der Waals surface area (Å²) in [5.41, 5.74) is 2.39. The maximum atomic E-state index is 2.65. The van der Waals surface area contributed by atoms with Gasteiger partial charge in [-0.25, -0.2) is 0 Å². The lowest BCUT2D eigenvalue weighted by Crippen LogP contribution is -2.25. The molecule has 0 N–H and O–H groups in total. The highest BCUT2D eigenvalue weighted by atomic mass is 31.2. The second-order valence-electron chi connectivity index (χ2n) is 7.13. The van der Waals surface area contributed by atoms with Gasteiger partial charge in [-0.05, 0) is 68.1 Å². The number of hydrogen-bond donors (Lipinski definition) is 0. The maximum absolute atomic E-state index is 2.65. The van der Waals surface area contributed by atoms with Gasteiger partial charge in [0.1, 0.15) is 0 Å². The third kappa shape index (κ3) is 3.55. The maximum Gasteiger partial charge on any atom is -0.000321 e. The molecule has 0 amide bonds. The standard InChI is InChI=1S/C17H32P2/c1-18-14-8-13-17(18)19(15-9-4-2-5-10-15)16-11-6-3-7-12-16/h15-17H,2-14H2,1H3. The van der Waals surface area contributed by atoms with Gasteiger partial charge in [-0.15, -0.1) is 7.92 Å². The van der Waals surface area contributed by atoms with Crippen molar-refractivity contribution in [2.45, 2.75) is 93.8 Å². The number of rotatable bonds is 3. The molecule has 1 saturated heterocycles. The third-order valence-electron chi connectivity index (χ3n) is 5.82. The Balaban J connectivity index is 1.73. The molecule has 0 bridgehead atoms. The molecule has 3 fully saturated rings. The molecule has 2 heteroatoms. The van der Waals surface area contributed by atoms with Gasteiger partial charge < -0.3 is 0 Å². The lowest BCUT2D eigenvalue weighted by atomic mass is 9.99. The van der Waals surface area contributed by atoms with E-state index in [1.165, 1.54) is 29.6 Å². The zero-order chi connectivity index (χ0) is 13.1. The Bertz CT molecular complexity index is 248. The molecule has 2 saturated carbocycles. The van der Waals surface area contributed by atoms with Gasteiger partial charge in [0.05, 0.1) is 0 Å². The molecular formula is C17H32P2. The van der Waals surface area contributed by atoms with E-state index < -0.39 is 0 Å². The topological polar surface area (TPSA) is 0 Å².